The van der Waals surface area contributed by atoms with E-state index in [2.05, 4.69) is 54.9 Å². The fourth-order valence-electron chi connectivity index (χ4n) is 3.48. The van der Waals surface area contributed by atoms with Crippen LogP contribution in [0.2, 0.25) is 0 Å². The van der Waals surface area contributed by atoms with Crippen LogP contribution in [-0.2, 0) is 11.3 Å². The standard InChI is InChI=1S/C23H29N3O2/c1-16(2)19-11-10-17(3)14-22(19)28-13-7-12-26-21-9-6-5-8-20(21)25-23(26)18(4)24-15-27/h5-6,8-11,14-16,18H,7,12-13H2,1-4H3,(H,24,27). The van der Waals surface area contributed by atoms with Gasteiger partial charge in [0, 0.05) is 6.54 Å². The molecule has 3 rings (SSSR count). The maximum atomic E-state index is 10.9. The molecule has 0 bridgehead atoms. The number of hydrogen-bond acceptors (Lipinski definition) is 3. The van der Waals surface area contributed by atoms with E-state index in [1.807, 2.05) is 25.1 Å². The lowest BCUT2D eigenvalue weighted by Gasteiger charge is -2.16. The zero-order valence-electron chi connectivity index (χ0n) is 17.1. The monoisotopic (exact) mass is 379 g/mol. The van der Waals surface area contributed by atoms with Crippen molar-refractivity contribution in [2.24, 2.45) is 0 Å². The summed E-state index contributed by atoms with van der Waals surface area (Å²) in [5, 5.41) is 2.81. The van der Waals surface area contributed by atoms with Gasteiger partial charge in [-0.1, -0.05) is 38.1 Å². The molecule has 5 heteroatoms. The predicted molar refractivity (Wildman–Crippen MR) is 113 cm³/mol. The third kappa shape index (κ3) is 4.35. The first-order chi connectivity index (χ1) is 13.5. The molecule has 1 aromatic heterocycles. The fourth-order valence-corrected chi connectivity index (χ4v) is 3.48. The third-order valence-corrected chi connectivity index (χ3v) is 4.96. The maximum Gasteiger partial charge on any atom is 0.207 e. The summed E-state index contributed by atoms with van der Waals surface area (Å²) in [6.07, 6.45) is 1.58. The number of amides is 1. The van der Waals surface area contributed by atoms with Gasteiger partial charge in [0.25, 0.3) is 0 Å². The van der Waals surface area contributed by atoms with Crippen LogP contribution in [0.4, 0.5) is 0 Å². The Morgan fingerprint density at radius 2 is 1.96 bits per heavy atom. The van der Waals surface area contributed by atoms with Gasteiger partial charge in [-0.05, 0) is 55.5 Å². The SMILES string of the molecule is Cc1ccc(C(C)C)c(OCCCn2c(C(C)NC=O)nc3ccccc32)c1. The Bertz CT molecular complexity index is 946. The van der Waals surface area contributed by atoms with Gasteiger partial charge in [0.05, 0.1) is 23.7 Å². The lowest BCUT2D eigenvalue weighted by molar-refractivity contribution is -0.110. The van der Waals surface area contributed by atoms with Crippen molar-refractivity contribution >= 4 is 17.4 Å². The zero-order chi connectivity index (χ0) is 20.1. The van der Waals surface area contributed by atoms with Crippen LogP contribution in [0, 0.1) is 6.92 Å². The minimum atomic E-state index is -0.143. The summed E-state index contributed by atoms with van der Waals surface area (Å²) in [5.41, 5.74) is 4.47. The molecule has 2 aromatic carbocycles. The molecule has 0 saturated heterocycles. The van der Waals surface area contributed by atoms with Crippen LogP contribution < -0.4 is 10.1 Å². The highest BCUT2D eigenvalue weighted by atomic mass is 16.5. The van der Waals surface area contributed by atoms with Crippen molar-refractivity contribution in [2.45, 2.75) is 52.6 Å². The second-order valence-corrected chi connectivity index (χ2v) is 7.51. The number of aryl methyl sites for hydroxylation is 2. The molecule has 3 aromatic rings. The van der Waals surface area contributed by atoms with Gasteiger partial charge in [0.15, 0.2) is 0 Å². The number of rotatable bonds is 9. The number of ether oxygens (including phenoxy) is 1. The summed E-state index contributed by atoms with van der Waals surface area (Å²) in [5.74, 6) is 2.27. The molecular weight excluding hydrogens is 350 g/mol. The molecule has 0 aliphatic rings. The molecule has 1 N–H and O–H groups in total. The first-order valence-electron chi connectivity index (χ1n) is 9.89. The lowest BCUT2D eigenvalue weighted by atomic mass is 10.0. The minimum absolute atomic E-state index is 0.143. The van der Waals surface area contributed by atoms with E-state index in [4.69, 9.17) is 9.72 Å². The van der Waals surface area contributed by atoms with Crippen molar-refractivity contribution in [2.75, 3.05) is 6.61 Å². The van der Waals surface area contributed by atoms with E-state index in [0.29, 0.717) is 12.5 Å². The van der Waals surface area contributed by atoms with E-state index >= 15 is 0 Å². The molecule has 0 aliphatic carbocycles. The average molecular weight is 380 g/mol. The van der Waals surface area contributed by atoms with Gasteiger partial charge in [-0.2, -0.15) is 0 Å². The van der Waals surface area contributed by atoms with E-state index in [9.17, 15) is 4.79 Å². The molecule has 0 saturated carbocycles. The van der Waals surface area contributed by atoms with Crippen molar-refractivity contribution in [3.63, 3.8) is 0 Å². The largest absolute Gasteiger partial charge is 0.493 e. The molecule has 5 nitrogen and oxygen atoms in total. The Kier molecular flexibility index (Phi) is 6.34. The number of nitrogens with one attached hydrogen (secondary N) is 1. The maximum absolute atomic E-state index is 10.9. The van der Waals surface area contributed by atoms with Crippen molar-refractivity contribution in [1.29, 1.82) is 0 Å². The van der Waals surface area contributed by atoms with Gasteiger partial charge in [-0.15, -0.1) is 0 Å². The van der Waals surface area contributed by atoms with Crippen LogP contribution in [0.3, 0.4) is 0 Å². The predicted octanol–water partition coefficient (Wildman–Crippen LogP) is 4.74. The summed E-state index contributed by atoms with van der Waals surface area (Å²) in [7, 11) is 0. The molecule has 0 aliphatic heterocycles. The molecular formula is C23H29N3O2. The first-order valence-corrected chi connectivity index (χ1v) is 9.89. The molecule has 0 radical (unpaired) electrons. The minimum Gasteiger partial charge on any atom is -0.493 e. The van der Waals surface area contributed by atoms with Gasteiger partial charge in [-0.3, -0.25) is 4.79 Å². The van der Waals surface area contributed by atoms with E-state index in [0.717, 1.165) is 42.0 Å². The van der Waals surface area contributed by atoms with Crippen molar-refractivity contribution < 1.29 is 9.53 Å². The quantitative estimate of drug-likeness (QED) is 0.431. The van der Waals surface area contributed by atoms with Crippen LogP contribution in [-0.4, -0.2) is 22.6 Å². The number of imidazole rings is 1. The number of carbonyl (C=O) groups excluding carboxylic acids is 1. The summed E-state index contributed by atoms with van der Waals surface area (Å²) in [6.45, 7) is 9.81. The Balaban J connectivity index is 1.73. The van der Waals surface area contributed by atoms with E-state index in [1.165, 1.54) is 11.1 Å². The van der Waals surface area contributed by atoms with Gasteiger partial charge in [0.2, 0.25) is 6.41 Å². The molecule has 1 amide bonds. The fraction of sp³-hybridized carbons (Fsp3) is 0.391. The Labute approximate surface area is 166 Å². The molecule has 0 spiro atoms. The van der Waals surface area contributed by atoms with E-state index in [-0.39, 0.29) is 6.04 Å². The highest BCUT2D eigenvalue weighted by Crippen LogP contribution is 2.28. The molecule has 148 valence electrons. The topological polar surface area (TPSA) is 56.1 Å². The Morgan fingerprint density at radius 1 is 1.18 bits per heavy atom. The molecule has 28 heavy (non-hydrogen) atoms. The van der Waals surface area contributed by atoms with E-state index in [1.54, 1.807) is 0 Å². The van der Waals surface area contributed by atoms with Crippen molar-refractivity contribution in [3.05, 3.63) is 59.4 Å². The Morgan fingerprint density at radius 3 is 2.71 bits per heavy atom. The van der Waals surface area contributed by atoms with Gasteiger partial charge >= 0.3 is 0 Å². The summed E-state index contributed by atoms with van der Waals surface area (Å²) in [4.78, 5) is 15.6. The highest BCUT2D eigenvalue weighted by Gasteiger charge is 2.16. The van der Waals surface area contributed by atoms with E-state index < -0.39 is 0 Å². The number of carbonyl (C=O) groups is 1. The third-order valence-electron chi connectivity index (χ3n) is 4.96. The van der Waals surface area contributed by atoms with Gasteiger partial charge in [0.1, 0.15) is 11.6 Å². The summed E-state index contributed by atoms with van der Waals surface area (Å²) < 4.78 is 8.31. The zero-order valence-corrected chi connectivity index (χ0v) is 17.1. The second kappa shape index (κ2) is 8.91. The van der Waals surface area contributed by atoms with Gasteiger partial charge < -0.3 is 14.6 Å². The van der Waals surface area contributed by atoms with Crippen LogP contribution in [0.5, 0.6) is 5.75 Å². The number of benzene rings is 2. The highest BCUT2D eigenvalue weighted by molar-refractivity contribution is 5.76. The van der Waals surface area contributed by atoms with Crippen LogP contribution in [0.15, 0.2) is 42.5 Å². The average Bonchev–Trinajstić information content (AvgIpc) is 3.04. The number of hydrogen-bond donors (Lipinski definition) is 1. The number of para-hydroxylation sites is 2. The molecule has 1 heterocycles. The molecule has 1 unspecified atom stereocenters. The van der Waals surface area contributed by atoms with Crippen molar-refractivity contribution in [1.82, 2.24) is 14.9 Å². The number of fused-ring (bicyclic) bond motifs is 1. The number of nitrogens with zero attached hydrogens (tertiary/aromatic N) is 2. The number of aromatic nitrogens is 2. The van der Waals surface area contributed by atoms with Crippen LogP contribution in [0.25, 0.3) is 11.0 Å². The van der Waals surface area contributed by atoms with Crippen molar-refractivity contribution in [3.8, 4) is 5.75 Å². The summed E-state index contributed by atoms with van der Waals surface area (Å²) >= 11 is 0. The Hall–Kier alpha value is -2.82. The van der Waals surface area contributed by atoms with Crippen LogP contribution >= 0.6 is 0 Å². The normalized spacial score (nSPS) is 12.3. The van der Waals surface area contributed by atoms with Gasteiger partial charge in [-0.25, -0.2) is 4.98 Å². The molecule has 1 atom stereocenters. The first kappa shape index (κ1) is 19.9. The lowest BCUT2D eigenvalue weighted by Crippen LogP contribution is -2.21. The smallest absolute Gasteiger partial charge is 0.207 e. The molecule has 0 fully saturated rings. The summed E-state index contributed by atoms with van der Waals surface area (Å²) in [6, 6.07) is 14.3. The van der Waals surface area contributed by atoms with Crippen LogP contribution in [0.1, 0.15) is 56.1 Å². The second-order valence-electron chi connectivity index (χ2n) is 7.51.